The predicted octanol–water partition coefficient (Wildman–Crippen LogP) is 2.62. The number of hydrogen-bond acceptors (Lipinski definition) is 3. The number of nitrogen functional groups attached to an aromatic ring is 1. The molecule has 0 amide bonds. The lowest BCUT2D eigenvalue weighted by Gasteiger charge is -2.05. The summed E-state index contributed by atoms with van der Waals surface area (Å²) < 4.78 is 4.20. The number of imidazole rings is 1. The highest BCUT2D eigenvalue weighted by molar-refractivity contribution is 5.84. The van der Waals surface area contributed by atoms with Gasteiger partial charge in [-0.15, -0.1) is 0 Å². The minimum atomic E-state index is 0.745. The summed E-state index contributed by atoms with van der Waals surface area (Å²) >= 11 is 0. The molecule has 1 aromatic carbocycles. The van der Waals surface area contributed by atoms with Crippen LogP contribution in [0.2, 0.25) is 0 Å². The van der Waals surface area contributed by atoms with Crippen molar-refractivity contribution in [2.75, 3.05) is 5.73 Å². The quantitative estimate of drug-likeness (QED) is 0.573. The Morgan fingerprint density at radius 2 is 2.05 bits per heavy atom. The fraction of sp³-hybridized carbons (Fsp3) is 0.125. The number of aromatic nitrogens is 4. The molecule has 0 fully saturated rings. The standard InChI is InChI=1S/C16H15N5/c1-11-7-16-20(10-12-3-2-6-18-9-12)15-8-13(17)4-5-14(15)21(16)19-11/h2-9H,10,17H2,1H3. The SMILES string of the molecule is Cc1cc2n(Cc3cccnc3)c3cc(N)ccc3n2n1. The van der Waals surface area contributed by atoms with E-state index in [1.807, 2.05) is 41.9 Å². The van der Waals surface area contributed by atoms with Crippen LogP contribution in [0.1, 0.15) is 11.3 Å². The molecule has 0 aliphatic carbocycles. The lowest BCUT2D eigenvalue weighted by atomic mass is 10.2. The van der Waals surface area contributed by atoms with Gasteiger partial charge in [0.2, 0.25) is 0 Å². The minimum absolute atomic E-state index is 0.745. The highest BCUT2D eigenvalue weighted by Gasteiger charge is 2.13. The Kier molecular flexibility index (Phi) is 2.47. The van der Waals surface area contributed by atoms with Gasteiger partial charge in [0.15, 0.2) is 0 Å². The van der Waals surface area contributed by atoms with Crippen molar-refractivity contribution in [1.82, 2.24) is 19.2 Å². The lowest BCUT2D eigenvalue weighted by Crippen LogP contribution is -2.00. The molecule has 0 spiro atoms. The molecule has 0 aliphatic rings. The topological polar surface area (TPSA) is 61.1 Å². The van der Waals surface area contributed by atoms with Gasteiger partial charge in [-0.3, -0.25) is 4.98 Å². The van der Waals surface area contributed by atoms with E-state index in [2.05, 4.69) is 26.8 Å². The highest BCUT2D eigenvalue weighted by Crippen LogP contribution is 2.24. The first-order valence-electron chi connectivity index (χ1n) is 6.85. The first-order valence-corrected chi connectivity index (χ1v) is 6.85. The van der Waals surface area contributed by atoms with E-state index in [9.17, 15) is 0 Å². The number of pyridine rings is 1. The zero-order valence-corrected chi connectivity index (χ0v) is 11.7. The normalized spacial score (nSPS) is 11.5. The fourth-order valence-electron chi connectivity index (χ4n) is 2.75. The largest absolute Gasteiger partial charge is 0.399 e. The smallest absolute Gasteiger partial charge is 0.137 e. The second kappa shape index (κ2) is 4.34. The summed E-state index contributed by atoms with van der Waals surface area (Å²) in [5.41, 5.74) is 12.1. The van der Waals surface area contributed by atoms with Crippen LogP contribution in [0.15, 0.2) is 48.8 Å². The summed E-state index contributed by atoms with van der Waals surface area (Å²) in [6.45, 7) is 2.75. The molecule has 0 atom stereocenters. The van der Waals surface area contributed by atoms with Crippen LogP contribution in [0.3, 0.4) is 0 Å². The van der Waals surface area contributed by atoms with Gasteiger partial charge in [0.05, 0.1) is 23.3 Å². The molecule has 0 bridgehead atoms. The first-order chi connectivity index (χ1) is 10.2. The van der Waals surface area contributed by atoms with Crippen LogP contribution in [0.5, 0.6) is 0 Å². The van der Waals surface area contributed by atoms with Gasteiger partial charge in [0.25, 0.3) is 0 Å². The predicted molar refractivity (Wildman–Crippen MR) is 83.2 cm³/mol. The monoisotopic (exact) mass is 277 g/mol. The molecule has 0 unspecified atom stereocenters. The summed E-state index contributed by atoms with van der Waals surface area (Å²) in [5, 5.41) is 4.57. The molecule has 3 aromatic heterocycles. The number of nitrogens with two attached hydrogens (primary N) is 1. The molecule has 0 aliphatic heterocycles. The second-order valence-electron chi connectivity index (χ2n) is 5.25. The maximum absolute atomic E-state index is 5.95. The van der Waals surface area contributed by atoms with Gasteiger partial charge in [0.1, 0.15) is 5.65 Å². The van der Waals surface area contributed by atoms with Crippen LogP contribution in [0.4, 0.5) is 5.69 Å². The number of anilines is 1. The Labute approximate surface area is 121 Å². The van der Waals surface area contributed by atoms with Crippen LogP contribution < -0.4 is 5.73 Å². The number of nitrogens with zero attached hydrogens (tertiary/aromatic N) is 4. The van der Waals surface area contributed by atoms with E-state index >= 15 is 0 Å². The van der Waals surface area contributed by atoms with Crippen LogP contribution in [-0.4, -0.2) is 19.2 Å². The average Bonchev–Trinajstić information content (AvgIpc) is 2.97. The van der Waals surface area contributed by atoms with Gasteiger partial charge < -0.3 is 10.3 Å². The van der Waals surface area contributed by atoms with Crippen LogP contribution >= 0.6 is 0 Å². The Morgan fingerprint density at radius 1 is 1.14 bits per heavy atom. The summed E-state index contributed by atoms with van der Waals surface area (Å²) in [7, 11) is 0. The summed E-state index contributed by atoms with van der Waals surface area (Å²) in [4.78, 5) is 4.19. The van der Waals surface area contributed by atoms with E-state index < -0.39 is 0 Å². The Morgan fingerprint density at radius 3 is 2.86 bits per heavy atom. The Balaban J connectivity index is 2.01. The average molecular weight is 277 g/mol. The number of benzene rings is 1. The van der Waals surface area contributed by atoms with Crippen LogP contribution in [-0.2, 0) is 6.54 Å². The number of rotatable bonds is 2. The zero-order valence-electron chi connectivity index (χ0n) is 11.7. The van der Waals surface area contributed by atoms with E-state index in [0.717, 1.165) is 40.2 Å². The van der Waals surface area contributed by atoms with Crippen molar-refractivity contribution < 1.29 is 0 Å². The lowest BCUT2D eigenvalue weighted by molar-refractivity contribution is 0.843. The molecule has 0 saturated carbocycles. The van der Waals surface area contributed by atoms with Gasteiger partial charge in [-0.2, -0.15) is 5.10 Å². The molecule has 104 valence electrons. The third-order valence-electron chi connectivity index (χ3n) is 3.67. The van der Waals surface area contributed by atoms with Crippen molar-refractivity contribution in [3.8, 4) is 0 Å². The van der Waals surface area contributed by atoms with Gasteiger partial charge >= 0.3 is 0 Å². The number of aryl methyl sites for hydroxylation is 1. The molecule has 2 N–H and O–H groups in total. The Bertz CT molecular complexity index is 934. The molecule has 5 nitrogen and oxygen atoms in total. The summed E-state index contributed by atoms with van der Waals surface area (Å²) in [6.07, 6.45) is 3.67. The van der Waals surface area contributed by atoms with E-state index in [1.165, 1.54) is 0 Å². The number of hydrogen-bond donors (Lipinski definition) is 1. The molecular weight excluding hydrogens is 262 g/mol. The van der Waals surface area contributed by atoms with E-state index in [-0.39, 0.29) is 0 Å². The molecule has 4 aromatic rings. The molecule has 3 heterocycles. The van der Waals surface area contributed by atoms with Crippen molar-refractivity contribution in [3.63, 3.8) is 0 Å². The Hall–Kier alpha value is -2.82. The van der Waals surface area contributed by atoms with Gasteiger partial charge in [0, 0.05) is 24.1 Å². The third kappa shape index (κ3) is 1.86. The van der Waals surface area contributed by atoms with Crippen LogP contribution in [0.25, 0.3) is 16.7 Å². The second-order valence-corrected chi connectivity index (χ2v) is 5.25. The number of fused-ring (bicyclic) bond motifs is 3. The van der Waals surface area contributed by atoms with Crippen molar-refractivity contribution in [2.45, 2.75) is 13.5 Å². The van der Waals surface area contributed by atoms with Gasteiger partial charge in [-0.05, 0) is 36.8 Å². The molecule has 0 saturated heterocycles. The molecule has 21 heavy (non-hydrogen) atoms. The maximum Gasteiger partial charge on any atom is 0.137 e. The molecular formula is C16H15N5. The van der Waals surface area contributed by atoms with Gasteiger partial charge in [-0.1, -0.05) is 6.07 Å². The van der Waals surface area contributed by atoms with Crippen molar-refractivity contribution in [1.29, 1.82) is 0 Å². The zero-order chi connectivity index (χ0) is 14.4. The molecule has 5 heteroatoms. The third-order valence-corrected chi connectivity index (χ3v) is 3.67. The van der Waals surface area contributed by atoms with Crippen LogP contribution in [0, 0.1) is 6.92 Å². The summed E-state index contributed by atoms with van der Waals surface area (Å²) in [5.74, 6) is 0. The molecule has 4 rings (SSSR count). The van der Waals surface area contributed by atoms with E-state index in [1.54, 1.807) is 6.20 Å². The minimum Gasteiger partial charge on any atom is -0.399 e. The highest BCUT2D eigenvalue weighted by atomic mass is 15.3. The first kappa shape index (κ1) is 12.0. The van der Waals surface area contributed by atoms with E-state index in [4.69, 9.17) is 5.73 Å². The van der Waals surface area contributed by atoms with E-state index in [0.29, 0.717) is 0 Å². The van der Waals surface area contributed by atoms with Gasteiger partial charge in [-0.25, -0.2) is 4.52 Å². The maximum atomic E-state index is 5.95. The summed E-state index contributed by atoms with van der Waals surface area (Å²) in [6, 6.07) is 12.0. The van der Waals surface area contributed by atoms with Crippen molar-refractivity contribution in [2.24, 2.45) is 0 Å². The van der Waals surface area contributed by atoms with Crippen molar-refractivity contribution in [3.05, 3.63) is 60.0 Å². The molecule has 0 radical (unpaired) electrons. The van der Waals surface area contributed by atoms with Crippen molar-refractivity contribution >= 4 is 22.4 Å². The fourth-order valence-corrected chi connectivity index (χ4v) is 2.75.